The lowest BCUT2D eigenvalue weighted by Gasteiger charge is -2.32. The van der Waals surface area contributed by atoms with Gasteiger partial charge in [-0.2, -0.15) is 0 Å². The predicted octanol–water partition coefficient (Wildman–Crippen LogP) is 4.34. The largest absolute Gasteiger partial charge is 0.481 e. The molecule has 1 aliphatic rings. The third-order valence-electron chi connectivity index (χ3n) is 2.86. The molecule has 0 fully saturated rings. The summed E-state index contributed by atoms with van der Waals surface area (Å²) in [7, 11) is 0. The summed E-state index contributed by atoms with van der Waals surface area (Å²) in [5, 5.41) is 6.23. The zero-order valence-corrected chi connectivity index (χ0v) is 10.9. The molecule has 2 nitrogen and oxygen atoms in total. The molecular weight excluding hydrogens is 254 g/mol. The van der Waals surface area contributed by atoms with E-state index in [2.05, 4.69) is 23.7 Å². The van der Waals surface area contributed by atoms with Crippen LogP contribution in [0.25, 0.3) is 0 Å². The molecule has 0 saturated heterocycles. The van der Waals surface area contributed by atoms with Crippen LogP contribution >= 0.6 is 22.9 Å². The van der Waals surface area contributed by atoms with Gasteiger partial charge in [0.2, 0.25) is 0 Å². The maximum atomic E-state index is 6.03. The van der Waals surface area contributed by atoms with Crippen molar-refractivity contribution in [3.63, 3.8) is 0 Å². The fourth-order valence-electron chi connectivity index (χ4n) is 2.04. The number of benzene rings is 1. The van der Waals surface area contributed by atoms with Crippen LogP contribution in [-0.2, 0) is 0 Å². The van der Waals surface area contributed by atoms with Crippen molar-refractivity contribution < 1.29 is 4.74 Å². The van der Waals surface area contributed by atoms with E-state index in [1.165, 1.54) is 4.88 Å². The van der Waals surface area contributed by atoms with E-state index in [1.807, 2.05) is 24.3 Å². The third-order valence-corrected chi connectivity index (χ3v) is 4.03. The van der Waals surface area contributed by atoms with Gasteiger partial charge in [-0.1, -0.05) is 17.7 Å². The summed E-state index contributed by atoms with van der Waals surface area (Å²) in [5.74, 6) is 0.867. The molecule has 4 heteroatoms. The number of ether oxygens (including phenoxy) is 1. The Hall–Kier alpha value is -1.19. The maximum Gasteiger partial charge on any atom is 0.153 e. The molecule has 1 aliphatic heterocycles. The highest BCUT2D eigenvalue weighted by Gasteiger charge is 2.28. The van der Waals surface area contributed by atoms with Gasteiger partial charge in [-0.3, -0.25) is 0 Å². The van der Waals surface area contributed by atoms with Crippen LogP contribution in [0.2, 0.25) is 5.02 Å². The lowest BCUT2D eigenvalue weighted by Crippen LogP contribution is -2.32. The molecule has 1 aromatic carbocycles. The summed E-state index contributed by atoms with van der Waals surface area (Å²) < 4.78 is 6.03. The highest BCUT2D eigenvalue weighted by atomic mass is 35.5. The molecule has 0 saturated carbocycles. The number of fused-ring (bicyclic) bond motifs is 1. The number of hydrogen-bond acceptors (Lipinski definition) is 3. The second-order valence-electron chi connectivity index (χ2n) is 4.13. The molecule has 2 unspecified atom stereocenters. The van der Waals surface area contributed by atoms with E-state index < -0.39 is 0 Å². The molecule has 0 bridgehead atoms. The van der Waals surface area contributed by atoms with Gasteiger partial charge >= 0.3 is 0 Å². The molecule has 3 rings (SSSR count). The van der Waals surface area contributed by atoms with Crippen LogP contribution in [0.1, 0.15) is 17.9 Å². The summed E-state index contributed by atoms with van der Waals surface area (Å²) >= 11 is 7.69. The van der Waals surface area contributed by atoms with Crippen LogP contribution in [0.3, 0.4) is 0 Å². The minimum absolute atomic E-state index is 0.0728. The number of nitrogens with one attached hydrogen (secondary N) is 1. The quantitative estimate of drug-likeness (QED) is 0.828. The Bertz CT molecular complexity index is 526. The van der Waals surface area contributed by atoms with Crippen molar-refractivity contribution in [3.05, 3.63) is 45.6 Å². The Balaban J connectivity index is 1.95. The molecule has 2 heterocycles. The van der Waals surface area contributed by atoms with Crippen LogP contribution in [0.15, 0.2) is 35.7 Å². The zero-order valence-electron chi connectivity index (χ0n) is 9.31. The fourth-order valence-corrected chi connectivity index (χ4v) is 3.07. The van der Waals surface area contributed by atoms with Crippen molar-refractivity contribution in [1.82, 2.24) is 0 Å². The number of thiophene rings is 1. The lowest BCUT2D eigenvalue weighted by molar-refractivity contribution is 0.181. The number of rotatable bonds is 1. The molecule has 0 spiro atoms. The summed E-state index contributed by atoms with van der Waals surface area (Å²) in [6.45, 7) is 2.12. The summed E-state index contributed by atoms with van der Waals surface area (Å²) in [5.41, 5.74) is 0.970. The molecule has 1 aromatic heterocycles. The van der Waals surface area contributed by atoms with Crippen molar-refractivity contribution in [3.8, 4) is 5.75 Å². The van der Waals surface area contributed by atoms with Gasteiger partial charge in [-0.05, 0) is 36.6 Å². The van der Waals surface area contributed by atoms with Gasteiger partial charge < -0.3 is 10.1 Å². The van der Waals surface area contributed by atoms with E-state index in [0.717, 1.165) is 16.5 Å². The minimum Gasteiger partial charge on any atom is -0.481 e. The van der Waals surface area contributed by atoms with E-state index in [4.69, 9.17) is 16.3 Å². The van der Waals surface area contributed by atoms with E-state index in [0.29, 0.717) is 0 Å². The fraction of sp³-hybridized carbons (Fsp3) is 0.231. The van der Waals surface area contributed by atoms with E-state index in [9.17, 15) is 0 Å². The van der Waals surface area contributed by atoms with Crippen molar-refractivity contribution in [2.75, 3.05) is 5.32 Å². The van der Waals surface area contributed by atoms with Gasteiger partial charge in [0.1, 0.15) is 5.75 Å². The van der Waals surface area contributed by atoms with Gasteiger partial charge in [0.15, 0.2) is 6.10 Å². The first-order valence-electron chi connectivity index (χ1n) is 5.50. The first-order chi connectivity index (χ1) is 8.24. The molecule has 0 radical (unpaired) electrons. The van der Waals surface area contributed by atoms with Gasteiger partial charge in [-0.15, -0.1) is 11.3 Å². The molecule has 17 heavy (non-hydrogen) atoms. The normalized spacial score (nSPS) is 22.5. The average molecular weight is 266 g/mol. The SMILES string of the molecule is CC1Nc2cc(Cl)ccc2OC1c1cccs1. The Morgan fingerprint density at radius 2 is 2.24 bits per heavy atom. The van der Waals surface area contributed by atoms with Gasteiger partial charge in [0.05, 0.1) is 11.7 Å². The second kappa shape index (κ2) is 4.24. The second-order valence-corrected chi connectivity index (χ2v) is 5.54. The smallest absolute Gasteiger partial charge is 0.153 e. The highest BCUT2D eigenvalue weighted by molar-refractivity contribution is 7.10. The van der Waals surface area contributed by atoms with Crippen molar-refractivity contribution in [2.45, 2.75) is 19.1 Å². The first kappa shape index (κ1) is 10.9. The minimum atomic E-state index is 0.0728. The Labute approximate surface area is 109 Å². The van der Waals surface area contributed by atoms with E-state index in [1.54, 1.807) is 11.3 Å². The maximum absolute atomic E-state index is 6.03. The molecule has 2 atom stereocenters. The molecular formula is C13H12ClNOS. The molecule has 2 aromatic rings. The summed E-state index contributed by atoms with van der Waals surface area (Å²) in [6, 6.07) is 10.1. The molecule has 0 aliphatic carbocycles. The zero-order chi connectivity index (χ0) is 11.8. The molecule has 0 amide bonds. The van der Waals surface area contributed by atoms with Gasteiger partial charge in [0.25, 0.3) is 0 Å². The van der Waals surface area contributed by atoms with Crippen LogP contribution in [0, 0.1) is 0 Å². The van der Waals surface area contributed by atoms with Crippen LogP contribution < -0.4 is 10.1 Å². The predicted molar refractivity (Wildman–Crippen MR) is 72.2 cm³/mol. The Morgan fingerprint density at radius 3 is 3.00 bits per heavy atom. The lowest BCUT2D eigenvalue weighted by atomic mass is 10.1. The topological polar surface area (TPSA) is 21.3 Å². The van der Waals surface area contributed by atoms with Gasteiger partial charge in [-0.25, -0.2) is 0 Å². The monoisotopic (exact) mass is 265 g/mol. The Morgan fingerprint density at radius 1 is 1.35 bits per heavy atom. The number of anilines is 1. The third kappa shape index (κ3) is 2.01. The number of hydrogen-bond donors (Lipinski definition) is 1. The molecule has 88 valence electrons. The van der Waals surface area contributed by atoms with Crippen LogP contribution in [0.4, 0.5) is 5.69 Å². The van der Waals surface area contributed by atoms with Gasteiger partial charge in [0, 0.05) is 9.90 Å². The average Bonchev–Trinajstić information content (AvgIpc) is 2.81. The van der Waals surface area contributed by atoms with Crippen LogP contribution in [-0.4, -0.2) is 6.04 Å². The number of halogens is 1. The van der Waals surface area contributed by atoms with Crippen LogP contribution in [0.5, 0.6) is 5.75 Å². The molecule has 1 N–H and O–H groups in total. The summed E-state index contributed by atoms with van der Waals surface area (Å²) in [4.78, 5) is 1.24. The van der Waals surface area contributed by atoms with E-state index in [-0.39, 0.29) is 12.1 Å². The van der Waals surface area contributed by atoms with Crippen molar-refractivity contribution in [2.24, 2.45) is 0 Å². The van der Waals surface area contributed by atoms with E-state index >= 15 is 0 Å². The Kier molecular flexibility index (Phi) is 2.73. The van der Waals surface area contributed by atoms with Crippen molar-refractivity contribution >= 4 is 28.6 Å². The highest BCUT2D eigenvalue weighted by Crippen LogP contribution is 2.39. The first-order valence-corrected chi connectivity index (χ1v) is 6.76. The summed E-state index contributed by atoms with van der Waals surface area (Å²) in [6.07, 6.45) is 0.0728. The standard InChI is InChI=1S/C13H12ClNOS/c1-8-13(12-3-2-6-17-12)16-11-5-4-9(14)7-10(11)15-8/h2-8,13,15H,1H3. The van der Waals surface area contributed by atoms with Crippen molar-refractivity contribution in [1.29, 1.82) is 0 Å².